The van der Waals surface area contributed by atoms with Gasteiger partial charge in [-0.3, -0.25) is 0 Å². The highest BCUT2D eigenvalue weighted by Gasteiger charge is 2.08. The Morgan fingerprint density at radius 3 is 2.58 bits per heavy atom. The molecule has 0 fully saturated rings. The molecule has 90 valence electrons. The van der Waals surface area contributed by atoms with E-state index in [0.29, 0.717) is 0 Å². The Balaban J connectivity index is 1.99. The molecular weight excluding hydrogens is 234 g/mol. The minimum Gasteiger partial charge on any atom is -0.220 e. The van der Waals surface area contributed by atoms with Crippen molar-refractivity contribution in [1.29, 1.82) is 0 Å². The molecule has 2 aromatic carbocycles. The van der Waals surface area contributed by atoms with E-state index in [4.69, 9.17) is 0 Å². The Hall–Kier alpha value is -2.68. The Kier molecular flexibility index (Phi) is 2.12. The molecule has 4 aromatic rings. The second-order valence-electron chi connectivity index (χ2n) is 4.53. The quantitative estimate of drug-likeness (QED) is 0.513. The van der Waals surface area contributed by atoms with Crippen molar-refractivity contribution >= 4 is 16.3 Å². The first-order valence-electron chi connectivity index (χ1n) is 6.21. The predicted octanol–water partition coefficient (Wildman–Crippen LogP) is 3.55. The summed E-state index contributed by atoms with van der Waals surface area (Å²) in [5.41, 5.74) is 3.05. The highest BCUT2D eigenvalue weighted by atomic mass is 15.4. The largest absolute Gasteiger partial charge is 0.220 e. The highest BCUT2D eigenvalue weighted by Crippen LogP contribution is 2.25. The van der Waals surface area contributed by atoms with E-state index in [1.54, 1.807) is 4.52 Å². The van der Waals surface area contributed by atoms with Gasteiger partial charge in [0.2, 0.25) is 0 Å². The van der Waals surface area contributed by atoms with Gasteiger partial charge in [0.15, 0.2) is 0 Å². The minimum absolute atomic E-state index is 0.923. The van der Waals surface area contributed by atoms with Gasteiger partial charge in [-0.15, -0.1) is 5.10 Å². The van der Waals surface area contributed by atoms with Gasteiger partial charge in [0.25, 0.3) is 0 Å². The fourth-order valence-electron chi connectivity index (χ4n) is 2.39. The van der Waals surface area contributed by atoms with E-state index in [0.717, 1.165) is 16.8 Å². The van der Waals surface area contributed by atoms with Crippen molar-refractivity contribution in [2.75, 3.05) is 0 Å². The topological polar surface area (TPSA) is 30.2 Å². The molecule has 0 saturated carbocycles. The molecule has 4 rings (SSSR count). The number of nitrogens with zero attached hydrogens (tertiary/aromatic N) is 3. The summed E-state index contributed by atoms with van der Waals surface area (Å²) in [4.78, 5) is 0. The predicted molar refractivity (Wildman–Crippen MR) is 75.9 cm³/mol. The SMILES string of the molecule is c1ccc2cc(-c3nnn4ccccc34)ccc2c1. The molecule has 0 aliphatic rings. The van der Waals surface area contributed by atoms with Crippen molar-refractivity contribution in [3.8, 4) is 11.3 Å². The molecule has 0 amide bonds. The lowest BCUT2D eigenvalue weighted by Gasteiger charge is -2.01. The first-order valence-corrected chi connectivity index (χ1v) is 6.21. The number of aromatic nitrogens is 3. The summed E-state index contributed by atoms with van der Waals surface area (Å²) in [7, 11) is 0. The molecular formula is C16H11N3. The van der Waals surface area contributed by atoms with Gasteiger partial charge < -0.3 is 0 Å². The lowest BCUT2D eigenvalue weighted by molar-refractivity contribution is 0.857. The molecule has 0 unspecified atom stereocenters. The summed E-state index contributed by atoms with van der Waals surface area (Å²) in [6.07, 6.45) is 1.91. The molecule has 2 aromatic heterocycles. The van der Waals surface area contributed by atoms with E-state index in [1.807, 2.05) is 24.4 Å². The number of hydrogen-bond acceptors (Lipinski definition) is 2. The van der Waals surface area contributed by atoms with Gasteiger partial charge >= 0.3 is 0 Å². The van der Waals surface area contributed by atoms with E-state index in [2.05, 4.69) is 52.8 Å². The molecule has 0 aliphatic heterocycles. The maximum atomic E-state index is 4.29. The number of pyridine rings is 1. The number of fused-ring (bicyclic) bond motifs is 2. The van der Waals surface area contributed by atoms with Crippen LogP contribution in [0.2, 0.25) is 0 Å². The monoisotopic (exact) mass is 245 g/mol. The van der Waals surface area contributed by atoms with Crippen LogP contribution in [0.1, 0.15) is 0 Å². The van der Waals surface area contributed by atoms with E-state index >= 15 is 0 Å². The van der Waals surface area contributed by atoms with Crippen molar-refractivity contribution < 1.29 is 0 Å². The van der Waals surface area contributed by atoms with Crippen LogP contribution in [-0.2, 0) is 0 Å². The minimum atomic E-state index is 0.923. The lowest BCUT2D eigenvalue weighted by atomic mass is 10.0. The van der Waals surface area contributed by atoms with Crippen molar-refractivity contribution in [2.24, 2.45) is 0 Å². The summed E-state index contributed by atoms with van der Waals surface area (Å²) in [6, 6.07) is 20.7. The van der Waals surface area contributed by atoms with E-state index in [1.165, 1.54) is 10.8 Å². The molecule has 0 spiro atoms. The van der Waals surface area contributed by atoms with Gasteiger partial charge in [-0.2, -0.15) is 0 Å². The zero-order chi connectivity index (χ0) is 12.7. The standard InChI is InChI=1S/C16H11N3/c1-2-6-13-11-14(9-8-12(13)5-1)16-15-7-3-4-10-19(15)18-17-16/h1-11H. The highest BCUT2D eigenvalue weighted by molar-refractivity contribution is 5.89. The van der Waals surface area contributed by atoms with Crippen LogP contribution in [0.5, 0.6) is 0 Å². The molecule has 0 radical (unpaired) electrons. The molecule has 0 saturated heterocycles. The van der Waals surface area contributed by atoms with Gasteiger partial charge in [-0.1, -0.05) is 47.7 Å². The molecule has 19 heavy (non-hydrogen) atoms. The molecule has 0 aliphatic carbocycles. The number of benzene rings is 2. The Morgan fingerprint density at radius 2 is 1.63 bits per heavy atom. The smallest absolute Gasteiger partial charge is 0.120 e. The molecule has 0 atom stereocenters. The van der Waals surface area contributed by atoms with Crippen LogP contribution < -0.4 is 0 Å². The van der Waals surface area contributed by atoms with Crippen molar-refractivity contribution in [3.05, 3.63) is 66.9 Å². The molecule has 2 heterocycles. The van der Waals surface area contributed by atoms with Crippen molar-refractivity contribution in [3.63, 3.8) is 0 Å². The zero-order valence-corrected chi connectivity index (χ0v) is 10.2. The average molecular weight is 245 g/mol. The lowest BCUT2D eigenvalue weighted by Crippen LogP contribution is -1.83. The zero-order valence-electron chi connectivity index (χ0n) is 10.2. The van der Waals surface area contributed by atoms with Gasteiger partial charge in [-0.25, -0.2) is 4.52 Å². The first kappa shape index (κ1) is 10.3. The Labute approximate surface area is 110 Å². The molecule has 0 bridgehead atoms. The van der Waals surface area contributed by atoms with Gasteiger partial charge in [0, 0.05) is 11.8 Å². The van der Waals surface area contributed by atoms with Crippen LogP contribution >= 0.6 is 0 Å². The summed E-state index contributed by atoms with van der Waals surface area (Å²) in [5.74, 6) is 0. The third kappa shape index (κ3) is 1.59. The van der Waals surface area contributed by atoms with Crippen LogP contribution in [0.3, 0.4) is 0 Å². The normalized spacial score (nSPS) is 11.2. The maximum absolute atomic E-state index is 4.29. The molecule has 3 nitrogen and oxygen atoms in total. The van der Waals surface area contributed by atoms with E-state index in [9.17, 15) is 0 Å². The van der Waals surface area contributed by atoms with Gasteiger partial charge in [-0.05, 0) is 29.0 Å². The van der Waals surface area contributed by atoms with Gasteiger partial charge in [0.1, 0.15) is 5.69 Å². The number of hydrogen-bond donors (Lipinski definition) is 0. The third-order valence-electron chi connectivity index (χ3n) is 3.35. The van der Waals surface area contributed by atoms with E-state index < -0.39 is 0 Å². The Morgan fingerprint density at radius 1 is 0.789 bits per heavy atom. The van der Waals surface area contributed by atoms with Crippen molar-refractivity contribution in [1.82, 2.24) is 14.8 Å². The second kappa shape index (κ2) is 3.92. The summed E-state index contributed by atoms with van der Waals surface area (Å²) >= 11 is 0. The Bertz CT molecular complexity index is 877. The maximum Gasteiger partial charge on any atom is 0.120 e. The molecule has 3 heteroatoms. The van der Waals surface area contributed by atoms with Crippen LogP contribution in [0.25, 0.3) is 27.5 Å². The van der Waals surface area contributed by atoms with Crippen molar-refractivity contribution in [2.45, 2.75) is 0 Å². The van der Waals surface area contributed by atoms with Crippen LogP contribution in [0, 0.1) is 0 Å². The van der Waals surface area contributed by atoms with Gasteiger partial charge in [0.05, 0.1) is 5.52 Å². The third-order valence-corrected chi connectivity index (χ3v) is 3.35. The second-order valence-corrected chi connectivity index (χ2v) is 4.53. The molecule has 0 N–H and O–H groups in total. The fraction of sp³-hybridized carbons (Fsp3) is 0. The van der Waals surface area contributed by atoms with Crippen LogP contribution in [-0.4, -0.2) is 14.8 Å². The van der Waals surface area contributed by atoms with E-state index in [-0.39, 0.29) is 0 Å². The fourth-order valence-corrected chi connectivity index (χ4v) is 2.39. The number of rotatable bonds is 1. The first-order chi connectivity index (χ1) is 9.42. The van der Waals surface area contributed by atoms with Crippen LogP contribution in [0.4, 0.5) is 0 Å². The average Bonchev–Trinajstić information content (AvgIpc) is 2.91. The summed E-state index contributed by atoms with van der Waals surface area (Å²) in [5, 5.41) is 10.9. The van der Waals surface area contributed by atoms with Crippen LogP contribution in [0.15, 0.2) is 66.9 Å². The summed E-state index contributed by atoms with van der Waals surface area (Å²) < 4.78 is 1.80. The summed E-state index contributed by atoms with van der Waals surface area (Å²) in [6.45, 7) is 0.